The number of likely N-dealkylation sites (tertiary alicyclic amines) is 1. The van der Waals surface area contributed by atoms with E-state index >= 15 is 0 Å². The molecule has 2 fully saturated rings. The standard InChI is InChI=1S/C19H23F3N4O/c1-24-12-15(14-4-2-3-5-16(14)19(20,21)22)17(13-24)26-7-6-18(23-26)25-8-10-27-11-9-25/h2-7,15,17H,8-13H2,1H3/t15-,17+/m0/s1. The van der Waals surface area contributed by atoms with Gasteiger partial charge in [0.15, 0.2) is 5.82 Å². The van der Waals surface area contributed by atoms with E-state index in [0.29, 0.717) is 31.9 Å². The Kier molecular flexibility index (Phi) is 4.86. The van der Waals surface area contributed by atoms with Crippen LogP contribution < -0.4 is 4.90 Å². The third-order valence-electron chi connectivity index (χ3n) is 5.41. The van der Waals surface area contributed by atoms with Crippen LogP contribution in [-0.2, 0) is 10.9 Å². The molecule has 3 heterocycles. The summed E-state index contributed by atoms with van der Waals surface area (Å²) < 4.78 is 47.8. The molecule has 0 aliphatic carbocycles. The molecule has 0 spiro atoms. The van der Waals surface area contributed by atoms with Crippen molar-refractivity contribution in [2.75, 3.05) is 51.3 Å². The van der Waals surface area contributed by atoms with Gasteiger partial charge in [0.2, 0.25) is 0 Å². The van der Waals surface area contributed by atoms with Gasteiger partial charge in [-0.05, 0) is 18.7 Å². The van der Waals surface area contributed by atoms with Crippen molar-refractivity contribution >= 4 is 5.82 Å². The minimum absolute atomic E-state index is 0.131. The van der Waals surface area contributed by atoms with Crippen LogP contribution in [0.5, 0.6) is 0 Å². The van der Waals surface area contributed by atoms with E-state index in [4.69, 9.17) is 9.84 Å². The van der Waals surface area contributed by atoms with Crippen LogP contribution in [0.2, 0.25) is 0 Å². The monoisotopic (exact) mass is 380 g/mol. The molecule has 146 valence electrons. The minimum Gasteiger partial charge on any atom is -0.378 e. The highest BCUT2D eigenvalue weighted by Crippen LogP contribution is 2.42. The van der Waals surface area contributed by atoms with E-state index in [1.807, 2.05) is 24.0 Å². The third-order valence-corrected chi connectivity index (χ3v) is 5.41. The molecular weight excluding hydrogens is 357 g/mol. The van der Waals surface area contributed by atoms with Gasteiger partial charge >= 0.3 is 6.18 Å². The topological polar surface area (TPSA) is 33.5 Å². The molecule has 5 nitrogen and oxygen atoms in total. The molecule has 2 aromatic rings. The van der Waals surface area contributed by atoms with Gasteiger partial charge in [-0.15, -0.1) is 0 Å². The Balaban J connectivity index is 1.64. The van der Waals surface area contributed by atoms with Gasteiger partial charge in [0.05, 0.1) is 24.8 Å². The Morgan fingerprint density at radius 3 is 2.56 bits per heavy atom. The van der Waals surface area contributed by atoms with Crippen molar-refractivity contribution in [2.45, 2.75) is 18.1 Å². The van der Waals surface area contributed by atoms with Crippen molar-refractivity contribution < 1.29 is 17.9 Å². The van der Waals surface area contributed by atoms with E-state index < -0.39 is 11.7 Å². The fourth-order valence-corrected chi connectivity index (χ4v) is 4.10. The summed E-state index contributed by atoms with van der Waals surface area (Å²) in [5.41, 5.74) is -0.196. The lowest BCUT2D eigenvalue weighted by Crippen LogP contribution is -2.36. The average Bonchev–Trinajstić information content (AvgIpc) is 3.28. The van der Waals surface area contributed by atoms with Gasteiger partial charge < -0.3 is 14.5 Å². The lowest BCUT2D eigenvalue weighted by Gasteiger charge is -2.27. The van der Waals surface area contributed by atoms with Crippen molar-refractivity contribution in [3.05, 3.63) is 47.7 Å². The largest absolute Gasteiger partial charge is 0.416 e. The summed E-state index contributed by atoms with van der Waals surface area (Å²) in [6.45, 7) is 4.14. The van der Waals surface area contributed by atoms with Gasteiger partial charge in [-0.3, -0.25) is 4.68 Å². The quantitative estimate of drug-likeness (QED) is 0.820. The van der Waals surface area contributed by atoms with Crippen LogP contribution in [0.15, 0.2) is 36.5 Å². The second-order valence-electron chi connectivity index (χ2n) is 7.23. The smallest absolute Gasteiger partial charge is 0.378 e. The highest BCUT2D eigenvalue weighted by Gasteiger charge is 2.40. The molecule has 0 saturated carbocycles. The zero-order valence-corrected chi connectivity index (χ0v) is 15.2. The first kappa shape index (κ1) is 18.3. The average molecular weight is 380 g/mol. The number of hydrogen-bond donors (Lipinski definition) is 0. The van der Waals surface area contributed by atoms with Crippen LogP contribution in [0.1, 0.15) is 23.1 Å². The van der Waals surface area contributed by atoms with Gasteiger partial charge in [-0.25, -0.2) is 0 Å². The second-order valence-corrected chi connectivity index (χ2v) is 7.23. The number of alkyl halides is 3. The minimum atomic E-state index is -4.36. The molecule has 0 amide bonds. The summed E-state index contributed by atoms with van der Waals surface area (Å²) in [5, 5.41) is 4.70. The predicted molar refractivity (Wildman–Crippen MR) is 96.0 cm³/mol. The SMILES string of the molecule is CN1C[C@@H](n2ccc(N3CCOCC3)n2)[C@H](c2ccccc2C(F)(F)F)C1. The van der Waals surface area contributed by atoms with Crippen LogP contribution in [0, 0.1) is 0 Å². The van der Waals surface area contributed by atoms with Crippen molar-refractivity contribution in [1.29, 1.82) is 0 Å². The molecule has 2 atom stereocenters. The van der Waals surface area contributed by atoms with Crippen LogP contribution in [0.3, 0.4) is 0 Å². The molecule has 0 unspecified atom stereocenters. The highest BCUT2D eigenvalue weighted by atomic mass is 19.4. The maximum absolute atomic E-state index is 13.5. The van der Waals surface area contributed by atoms with Crippen molar-refractivity contribution in [2.24, 2.45) is 0 Å². The van der Waals surface area contributed by atoms with Gasteiger partial charge in [-0.2, -0.15) is 18.3 Å². The maximum atomic E-state index is 13.5. The predicted octanol–water partition coefficient (Wildman–Crippen LogP) is 3.01. The summed E-state index contributed by atoms with van der Waals surface area (Å²) in [6, 6.07) is 7.72. The Labute approximate surface area is 156 Å². The Bertz CT molecular complexity index is 785. The summed E-state index contributed by atoms with van der Waals surface area (Å²) >= 11 is 0. The lowest BCUT2D eigenvalue weighted by atomic mass is 9.90. The fourth-order valence-electron chi connectivity index (χ4n) is 4.10. The normalized spacial score (nSPS) is 24.5. The van der Waals surface area contributed by atoms with Crippen molar-refractivity contribution in [3.63, 3.8) is 0 Å². The first-order valence-electron chi connectivity index (χ1n) is 9.16. The van der Waals surface area contributed by atoms with Gasteiger partial charge in [0.25, 0.3) is 0 Å². The number of morpholine rings is 1. The number of nitrogens with zero attached hydrogens (tertiary/aromatic N) is 4. The van der Waals surface area contributed by atoms with Crippen LogP contribution in [-0.4, -0.2) is 61.1 Å². The Morgan fingerprint density at radius 1 is 1.07 bits per heavy atom. The van der Waals surface area contributed by atoms with Crippen LogP contribution in [0.4, 0.5) is 19.0 Å². The zero-order valence-electron chi connectivity index (χ0n) is 15.2. The van der Waals surface area contributed by atoms with E-state index in [9.17, 15) is 13.2 Å². The van der Waals surface area contributed by atoms with E-state index in [1.165, 1.54) is 12.1 Å². The molecule has 0 N–H and O–H groups in total. The molecule has 2 aliphatic heterocycles. The molecule has 1 aromatic heterocycles. The maximum Gasteiger partial charge on any atom is 0.416 e. The summed E-state index contributed by atoms with van der Waals surface area (Å²) in [4.78, 5) is 4.22. The molecule has 2 aliphatic rings. The van der Waals surface area contributed by atoms with Crippen LogP contribution in [0.25, 0.3) is 0 Å². The summed E-state index contributed by atoms with van der Waals surface area (Å²) in [5.74, 6) is 0.598. The van der Waals surface area contributed by atoms with E-state index in [2.05, 4.69) is 9.80 Å². The first-order chi connectivity index (χ1) is 12.9. The zero-order chi connectivity index (χ0) is 19.0. The number of rotatable bonds is 3. The fraction of sp³-hybridized carbons (Fsp3) is 0.526. The second kappa shape index (κ2) is 7.16. The molecule has 0 bridgehead atoms. The van der Waals surface area contributed by atoms with E-state index in [-0.39, 0.29) is 12.0 Å². The number of aromatic nitrogens is 2. The summed E-state index contributed by atoms with van der Waals surface area (Å²) in [6.07, 6.45) is -2.47. The number of hydrogen-bond acceptors (Lipinski definition) is 4. The van der Waals surface area contributed by atoms with Gasteiger partial charge in [0.1, 0.15) is 0 Å². The first-order valence-corrected chi connectivity index (χ1v) is 9.16. The number of ether oxygens (including phenoxy) is 1. The molecule has 1 aromatic carbocycles. The van der Waals surface area contributed by atoms with E-state index in [0.717, 1.165) is 18.9 Å². The molecule has 4 rings (SSSR count). The lowest BCUT2D eigenvalue weighted by molar-refractivity contribution is -0.138. The third kappa shape index (κ3) is 3.68. The van der Waals surface area contributed by atoms with Gasteiger partial charge in [-0.1, -0.05) is 18.2 Å². The number of halogens is 3. The van der Waals surface area contributed by atoms with Gasteiger partial charge in [0, 0.05) is 44.4 Å². The van der Waals surface area contributed by atoms with E-state index in [1.54, 1.807) is 12.1 Å². The summed E-state index contributed by atoms with van der Waals surface area (Å²) in [7, 11) is 1.94. The van der Waals surface area contributed by atoms with Crippen molar-refractivity contribution in [3.8, 4) is 0 Å². The number of anilines is 1. The number of likely N-dealkylation sites (N-methyl/N-ethyl adjacent to an activating group) is 1. The van der Waals surface area contributed by atoms with Crippen molar-refractivity contribution in [1.82, 2.24) is 14.7 Å². The Hall–Kier alpha value is -2.06. The molecule has 27 heavy (non-hydrogen) atoms. The molecule has 8 heteroatoms. The molecular formula is C19H23F3N4O. The number of benzene rings is 1. The molecule has 0 radical (unpaired) electrons. The van der Waals surface area contributed by atoms with Crippen LogP contribution >= 0.6 is 0 Å². The highest BCUT2D eigenvalue weighted by molar-refractivity contribution is 5.38. The molecule has 2 saturated heterocycles. The Morgan fingerprint density at radius 2 is 1.81 bits per heavy atom.